The molecule has 0 aromatic heterocycles. The predicted molar refractivity (Wildman–Crippen MR) is 74.9 cm³/mol. The average Bonchev–Trinajstić information content (AvgIpc) is 3.19. The lowest BCUT2D eigenvalue weighted by Gasteiger charge is -2.34. The molecule has 1 atom stereocenters. The van der Waals surface area contributed by atoms with Gasteiger partial charge in [0.05, 0.1) is 17.5 Å². The number of hydrogen-bond acceptors (Lipinski definition) is 4. The van der Waals surface area contributed by atoms with Crippen LogP contribution in [0.1, 0.15) is 31.4 Å². The molecule has 1 aromatic rings. The van der Waals surface area contributed by atoms with Crippen LogP contribution in [0.3, 0.4) is 0 Å². The monoisotopic (exact) mass is 297 g/mol. The first kappa shape index (κ1) is 13.9. The molecular formula is C14H19NO4S. The Balaban J connectivity index is 1.80. The number of sulfonamides is 1. The van der Waals surface area contributed by atoms with E-state index in [9.17, 15) is 13.5 Å². The highest BCUT2D eigenvalue weighted by molar-refractivity contribution is 7.90. The minimum Gasteiger partial charge on any atom is -0.508 e. The SMILES string of the molecule is CC1(S(=O)(=O)N2CCOC(c3cccc(O)c3)C2)CC1. The first-order valence-corrected chi connectivity index (χ1v) is 8.27. The number of phenolic OH excluding ortho intramolecular Hbond substituents is 1. The van der Waals surface area contributed by atoms with Crippen LogP contribution in [0.25, 0.3) is 0 Å². The molecule has 1 unspecified atom stereocenters. The van der Waals surface area contributed by atoms with Crippen molar-refractivity contribution in [2.45, 2.75) is 30.6 Å². The molecule has 1 aliphatic carbocycles. The number of ether oxygens (including phenoxy) is 1. The lowest BCUT2D eigenvalue weighted by atomic mass is 10.1. The van der Waals surface area contributed by atoms with Crippen molar-refractivity contribution in [3.8, 4) is 5.75 Å². The molecule has 6 heteroatoms. The van der Waals surface area contributed by atoms with Crippen LogP contribution >= 0.6 is 0 Å². The van der Waals surface area contributed by atoms with Gasteiger partial charge in [0.15, 0.2) is 0 Å². The van der Waals surface area contributed by atoms with E-state index in [1.807, 2.05) is 6.07 Å². The second kappa shape index (κ2) is 4.72. The molecule has 1 aromatic carbocycles. The molecule has 110 valence electrons. The summed E-state index contributed by atoms with van der Waals surface area (Å²) in [4.78, 5) is 0. The molecule has 1 saturated heterocycles. The number of phenols is 1. The van der Waals surface area contributed by atoms with Gasteiger partial charge in [0, 0.05) is 13.1 Å². The molecule has 3 rings (SSSR count). The lowest BCUT2D eigenvalue weighted by Crippen LogP contribution is -2.46. The van der Waals surface area contributed by atoms with Crippen molar-refractivity contribution in [1.82, 2.24) is 4.31 Å². The van der Waals surface area contributed by atoms with Gasteiger partial charge in [-0.25, -0.2) is 8.42 Å². The maximum absolute atomic E-state index is 12.5. The zero-order chi connectivity index (χ0) is 14.4. The summed E-state index contributed by atoms with van der Waals surface area (Å²) < 4.78 is 31.7. The van der Waals surface area contributed by atoms with Crippen LogP contribution in [0.2, 0.25) is 0 Å². The zero-order valence-corrected chi connectivity index (χ0v) is 12.3. The Morgan fingerprint density at radius 2 is 2.15 bits per heavy atom. The smallest absolute Gasteiger partial charge is 0.219 e. The summed E-state index contributed by atoms with van der Waals surface area (Å²) in [6.07, 6.45) is 1.17. The largest absolute Gasteiger partial charge is 0.508 e. The molecule has 0 bridgehead atoms. The van der Waals surface area contributed by atoms with Gasteiger partial charge in [-0.15, -0.1) is 0 Å². The molecule has 1 saturated carbocycles. The van der Waals surface area contributed by atoms with E-state index in [0.29, 0.717) is 19.7 Å². The van der Waals surface area contributed by atoms with Crippen LogP contribution in [0.5, 0.6) is 5.75 Å². The molecule has 5 nitrogen and oxygen atoms in total. The topological polar surface area (TPSA) is 66.8 Å². The Morgan fingerprint density at radius 3 is 2.80 bits per heavy atom. The summed E-state index contributed by atoms with van der Waals surface area (Å²) >= 11 is 0. The lowest BCUT2D eigenvalue weighted by molar-refractivity contribution is -0.00297. The van der Waals surface area contributed by atoms with Crippen LogP contribution in [-0.4, -0.2) is 42.3 Å². The number of benzene rings is 1. The number of morpholine rings is 1. The summed E-state index contributed by atoms with van der Waals surface area (Å²) in [5.74, 6) is 0.167. The Bertz CT molecular complexity index is 609. The van der Waals surface area contributed by atoms with Gasteiger partial charge in [-0.3, -0.25) is 0 Å². The summed E-state index contributed by atoms with van der Waals surface area (Å²) in [6.45, 7) is 2.92. The van der Waals surface area contributed by atoms with E-state index >= 15 is 0 Å². The van der Waals surface area contributed by atoms with Crippen molar-refractivity contribution in [3.05, 3.63) is 29.8 Å². The zero-order valence-electron chi connectivity index (χ0n) is 11.4. The fourth-order valence-corrected chi connectivity index (χ4v) is 4.40. The van der Waals surface area contributed by atoms with Gasteiger partial charge >= 0.3 is 0 Å². The van der Waals surface area contributed by atoms with E-state index in [4.69, 9.17) is 4.74 Å². The van der Waals surface area contributed by atoms with E-state index in [1.165, 1.54) is 4.31 Å². The maximum Gasteiger partial charge on any atom is 0.219 e. The molecule has 1 N–H and O–H groups in total. The standard InChI is InChI=1S/C14H19NO4S/c1-14(5-6-14)20(17,18)15-7-8-19-13(10-15)11-3-2-4-12(16)9-11/h2-4,9,13,16H,5-8,10H2,1H3. The molecular weight excluding hydrogens is 278 g/mol. The molecule has 20 heavy (non-hydrogen) atoms. The number of hydrogen-bond donors (Lipinski definition) is 1. The first-order chi connectivity index (χ1) is 9.42. The van der Waals surface area contributed by atoms with E-state index in [1.54, 1.807) is 25.1 Å². The van der Waals surface area contributed by atoms with E-state index in [2.05, 4.69) is 0 Å². The fourth-order valence-electron chi connectivity index (χ4n) is 2.52. The van der Waals surface area contributed by atoms with Crippen LogP contribution in [0, 0.1) is 0 Å². The Labute approximate surface area is 119 Å². The average molecular weight is 297 g/mol. The van der Waals surface area contributed by atoms with Crippen molar-refractivity contribution in [3.63, 3.8) is 0 Å². The summed E-state index contributed by atoms with van der Waals surface area (Å²) in [7, 11) is -3.25. The van der Waals surface area contributed by atoms with E-state index in [-0.39, 0.29) is 11.9 Å². The molecule has 0 spiro atoms. The summed E-state index contributed by atoms with van der Waals surface area (Å²) in [6, 6.07) is 6.80. The summed E-state index contributed by atoms with van der Waals surface area (Å²) in [5, 5.41) is 9.52. The van der Waals surface area contributed by atoms with E-state index in [0.717, 1.165) is 18.4 Å². The van der Waals surface area contributed by atoms with Crippen molar-refractivity contribution in [1.29, 1.82) is 0 Å². The van der Waals surface area contributed by atoms with Crippen molar-refractivity contribution >= 4 is 10.0 Å². The van der Waals surface area contributed by atoms with Gasteiger partial charge in [0.25, 0.3) is 0 Å². The van der Waals surface area contributed by atoms with Crippen molar-refractivity contribution in [2.24, 2.45) is 0 Å². The number of nitrogens with zero attached hydrogens (tertiary/aromatic N) is 1. The first-order valence-electron chi connectivity index (χ1n) is 6.83. The molecule has 1 heterocycles. The normalized spacial score (nSPS) is 26.4. The van der Waals surface area contributed by atoms with Crippen LogP contribution in [0.15, 0.2) is 24.3 Å². The minimum atomic E-state index is -3.25. The summed E-state index contributed by atoms with van der Waals surface area (Å²) in [5.41, 5.74) is 0.811. The third-order valence-corrected chi connectivity index (χ3v) is 6.85. The van der Waals surface area contributed by atoms with Crippen LogP contribution in [0.4, 0.5) is 0 Å². The van der Waals surface area contributed by atoms with E-state index < -0.39 is 14.8 Å². The fraction of sp³-hybridized carbons (Fsp3) is 0.571. The number of rotatable bonds is 3. The van der Waals surface area contributed by atoms with Crippen molar-refractivity contribution in [2.75, 3.05) is 19.7 Å². The third kappa shape index (κ3) is 2.32. The quantitative estimate of drug-likeness (QED) is 0.921. The molecule has 0 amide bonds. The van der Waals surface area contributed by atoms with Gasteiger partial charge < -0.3 is 9.84 Å². The van der Waals surface area contributed by atoms with Crippen LogP contribution in [-0.2, 0) is 14.8 Å². The minimum absolute atomic E-state index is 0.167. The highest BCUT2D eigenvalue weighted by Crippen LogP contribution is 2.45. The second-order valence-electron chi connectivity index (χ2n) is 5.77. The predicted octanol–water partition coefficient (Wildman–Crippen LogP) is 1.65. The van der Waals surface area contributed by atoms with Gasteiger partial charge in [-0.2, -0.15) is 4.31 Å². The Morgan fingerprint density at radius 1 is 1.40 bits per heavy atom. The Kier molecular flexibility index (Phi) is 3.27. The van der Waals surface area contributed by atoms with Crippen molar-refractivity contribution < 1.29 is 18.3 Å². The molecule has 1 aliphatic heterocycles. The maximum atomic E-state index is 12.5. The molecule has 0 radical (unpaired) electrons. The molecule has 2 fully saturated rings. The van der Waals surface area contributed by atoms with Gasteiger partial charge in [0.2, 0.25) is 10.0 Å². The van der Waals surface area contributed by atoms with Crippen LogP contribution < -0.4 is 0 Å². The third-order valence-electron chi connectivity index (χ3n) is 4.19. The van der Waals surface area contributed by atoms with Gasteiger partial charge in [-0.1, -0.05) is 12.1 Å². The molecule has 2 aliphatic rings. The second-order valence-corrected chi connectivity index (χ2v) is 8.22. The van der Waals surface area contributed by atoms with Gasteiger partial charge in [0.1, 0.15) is 5.75 Å². The highest BCUT2D eigenvalue weighted by Gasteiger charge is 2.53. The van der Waals surface area contributed by atoms with Gasteiger partial charge in [-0.05, 0) is 37.5 Å². The number of aromatic hydroxyl groups is 1. The highest BCUT2D eigenvalue weighted by atomic mass is 32.2. The Hall–Kier alpha value is -1.11.